The maximum absolute atomic E-state index is 12.3. The fraction of sp³-hybridized carbons (Fsp3) is 0.136. The van der Waals surface area contributed by atoms with E-state index in [1.165, 1.54) is 35.2 Å². The first-order valence-electron chi connectivity index (χ1n) is 10.1. The Balaban J connectivity index is 0.000000302. The van der Waals surface area contributed by atoms with E-state index < -0.39 is 17.8 Å². The Kier molecular flexibility index (Phi) is 7.44. The van der Waals surface area contributed by atoms with E-state index in [1.54, 1.807) is 31.2 Å². The summed E-state index contributed by atoms with van der Waals surface area (Å²) in [7, 11) is 0. The van der Waals surface area contributed by atoms with Crippen molar-refractivity contribution in [1.82, 2.24) is 35.4 Å². The maximum Gasteiger partial charge on any atom is 0.354 e. The van der Waals surface area contributed by atoms with Crippen LogP contribution in [0.3, 0.4) is 0 Å². The minimum atomic E-state index is -0.990. The van der Waals surface area contributed by atoms with Crippen LogP contribution in [0, 0.1) is 6.92 Å². The van der Waals surface area contributed by atoms with E-state index in [-0.39, 0.29) is 28.2 Å². The predicted octanol–water partition coefficient (Wildman–Crippen LogP) is 1.14. The van der Waals surface area contributed by atoms with Crippen LogP contribution in [-0.4, -0.2) is 47.5 Å². The highest BCUT2D eigenvalue weighted by molar-refractivity contribution is 6.01. The largest absolute Gasteiger partial charge is 0.477 e. The molecule has 4 N–H and O–H groups in total. The Bertz CT molecular complexity index is 1380. The molecule has 0 bridgehead atoms. The summed E-state index contributed by atoms with van der Waals surface area (Å²) < 4.78 is 1.21. The second-order valence-electron chi connectivity index (χ2n) is 6.82. The van der Waals surface area contributed by atoms with Crippen LogP contribution in [-0.2, 0) is 6.42 Å². The number of amides is 2. The van der Waals surface area contributed by atoms with Gasteiger partial charge < -0.3 is 5.11 Å². The summed E-state index contributed by atoms with van der Waals surface area (Å²) in [4.78, 5) is 58.5. The number of pyridine rings is 2. The Morgan fingerprint density at radius 2 is 1.62 bits per heavy atom. The Hall–Kier alpha value is -4.87. The molecule has 4 aromatic heterocycles. The smallest absolute Gasteiger partial charge is 0.354 e. The Morgan fingerprint density at radius 3 is 2.15 bits per heavy atom. The van der Waals surface area contributed by atoms with Gasteiger partial charge in [-0.25, -0.2) is 19.3 Å². The number of aromatic nitrogens is 5. The van der Waals surface area contributed by atoms with Gasteiger partial charge in [0.2, 0.25) is 0 Å². The van der Waals surface area contributed by atoms with Gasteiger partial charge in [-0.15, -0.1) is 0 Å². The SMILES string of the molecule is CCc1c(C)nc2c(C(=O)NNC(=O)c3ccccn3)c[nH]n2c1=O.O=C(O)c1ccccn1. The number of carbonyl (C=O) groups is 3. The molecular weight excluding hydrogens is 442 g/mol. The first-order valence-corrected chi connectivity index (χ1v) is 10.1. The van der Waals surface area contributed by atoms with Gasteiger partial charge in [0.05, 0.1) is 0 Å². The normalized spacial score (nSPS) is 10.2. The monoisotopic (exact) mass is 463 g/mol. The van der Waals surface area contributed by atoms with E-state index in [4.69, 9.17) is 5.11 Å². The molecule has 0 saturated carbocycles. The molecule has 174 valence electrons. The number of aromatic carboxylic acids is 1. The highest BCUT2D eigenvalue weighted by atomic mass is 16.4. The lowest BCUT2D eigenvalue weighted by atomic mass is 10.2. The van der Waals surface area contributed by atoms with E-state index in [0.29, 0.717) is 17.7 Å². The van der Waals surface area contributed by atoms with Crippen molar-refractivity contribution in [2.75, 3.05) is 0 Å². The molecule has 0 fully saturated rings. The van der Waals surface area contributed by atoms with Crippen LogP contribution >= 0.6 is 0 Å². The lowest BCUT2D eigenvalue weighted by Crippen LogP contribution is -2.42. The molecule has 0 aliphatic rings. The summed E-state index contributed by atoms with van der Waals surface area (Å²) in [6.07, 6.45) is 4.83. The third-order valence-electron chi connectivity index (χ3n) is 4.63. The van der Waals surface area contributed by atoms with Gasteiger partial charge in [0.25, 0.3) is 17.4 Å². The van der Waals surface area contributed by atoms with Gasteiger partial charge in [0.1, 0.15) is 17.0 Å². The highest BCUT2D eigenvalue weighted by Crippen LogP contribution is 2.09. The van der Waals surface area contributed by atoms with Gasteiger partial charge >= 0.3 is 5.97 Å². The van der Waals surface area contributed by atoms with E-state index in [2.05, 4.69) is 30.9 Å². The lowest BCUT2D eigenvalue weighted by Gasteiger charge is -2.06. The van der Waals surface area contributed by atoms with Crippen molar-refractivity contribution in [1.29, 1.82) is 0 Å². The second kappa shape index (κ2) is 10.6. The zero-order valence-electron chi connectivity index (χ0n) is 18.3. The molecule has 0 saturated heterocycles. The van der Waals surface area contributed by atoms with Crippen LogP contribution in [0.25, 0.3) is 5.65 Å². The number of carboxylic acids is 1. The summed E-state index contributed by atoms with van der Waals surface area (Å²) in [6.45, 7) is 3.58. The van der Waals surface area contributed by atoms with Crippen LogP contribution in [0.2, 0.25) is 0 Å². The number of H-pyrrole nitrogens is 1. The molecule has 4 heterocycles. The van der Waals surface area contributed by atoms with Crippen LogP contribution in [0.1, 0.15) is 49.5 Å². The van der Waals surface area contributed by atoms with Crippen molar-refractivity contribution in [3.05, 3.63) is 93.6 Å². The van der Waals surface area contributed by atoms with Crippen molar-refractivity contribution in [2.45, 2.75) is 20.3 Å². The van der Waals surface area contributed by atoms with Crippen LogP contribution < -0.4 is 16.4 Å². The molecule has 4 aromatic rings. The molecule has 0 radical (unpaired) electrons. The molecule has 0 spiro atoms. The highest BCUT2D eigenvalue weighted by Gasteiger charge is 2.18. The van der Waals surface area contributed by atoms with E-state index in [9.17, 15) is 19.2 Å². The molecule has 4 rings (SSSR count). The minimum absolute atomic E-state index is 0.0810. The molecule has 0 unspecified atom stereocenters. The summed E-state index contributed by atoms with van der Waals surface area (Å²) in [6, 6.07) is 9.61. The van der Waals surface area contributed by atoms with Crippen molar-refractivity contribution < 1.29 is 19.5 Å². The first-order chi connectivity index (χ1) is 16.3. The zero-order chi connectivity index (χ0) is 24.7. The average molecular weight is 463 g/mol. The zero-order valence-corrected chi connectivity index (χ0v) is 18.3. The van der Waals surface area contributed by atoms with Crippen LogP contribution in [0.5, 0.6) is 0 Å². The summed E-state index contributed by atoms with van der Waals surface area (Å²) in [5.41, 5.74) is 6.05. The maximum atomic E-state index is 12.3. The van der Waals surface area contributed by atoms with Gasteiger partial charge in [-0.1, -0.05) is 19.1 Å². The molecule has 2 amide bonds. The van der Waals surface area contributed by atoms with Gasteiger partial charge in [-0.05, 0) is 37.6 Å². The average Bonchev–Trinajstić information content (AvgIpc) is 3.28. The van der Waals surface area contributed by atoms with E-state index in [1.807, 2.05) is 6.92 Å². The molecule has 0 aliphatic heterocycles. The number of aryl methyl sites for hydroxylation is 1. The predicted molar refractivity (Wildman–Crippen MR) is 120 cm³/mol. The second-order valence-corrected chi connectivity index (χ2v) is 6.82. The van der Waals surface area contributed by atoms with Crippen molar-refractivity contribution in [2.24, 2.45) is 0 Å². The summed E-state index contributed by atoms with van der Waals surface area (Å²) in [5, 5.41) is 11.0. The number of carboxylic acid groups (broad SMARTS) is 1. The molecule has 0 aromatic carbocycles. The number of hydrogen-bond donors (Lipinski definition) is 4. The minimum Gasteiger partial charge on any atom is -0.477 e. The number of fused-ring (bicyclic) bond motifs is 1. The summed E-state index contributed by atoms with van der Waals surface area (Å²) >= 11 is 0. The molecule has 34 heavy (non-hydrogen) atoms. The van der Waals surface area contributed by atoms with Crippen molar-refractivity contribution >= 4 is 23.4 Å². The van der Waals surface area contributed by atoms with Gasteiger partial charge in [-0.2, -0.15) is 0 Å². The van der Waals surface area contributed by atoms with Crippen LogP contribution in [0.15, 0.2) is 59.8 Å². The quantitative estimate of drug-likeness (QED) is 0.326. The topological polar surface area (TPSA) is 171 Å². The number of rotatable bonds is 4. The Morgan fingerprint density at radius 1 is 1.00 bits per heavy atom. The van der Waals surface area contributed by atoms with Gasteiger partial charge in [0, 0.05) is 29.8 Å². The molecule has 0 atom stereocenters. The molecule has 12 nitrogen and oxygen atoms in total. The molecule has 12 heteroatoms. The summed E-state index contributed by atoms with van der Waals surface area (Å²) in [5.74, 6) is -2.14. The van der Waals surface area contributed by atoms with Gasteiger partial charge in [0.15, 0.2) is 5.65 Å². The number of hydrogen-bond acceptors (Lipinski definition) is 7. The van der Waals surface area contributed by atoms with Crippen molar-refractivity contribution in [3.8, 4) is 0 Å². The fourth-order valence-corrected chi connectivity index (χ4v) is 2.96. The fourth-order valence-electron chi connectivity index (χ4n) is 2.96. The third kappa shape index (κ3) is 5.30. The van der Waals surface area contributed by atoms with Crippen LogP contribution in [0.4, 0.5) is 0 Å². The van der Waals surface area contributed by atoms with Crippen molar-refractivity contribution in [3.63, 3.8) is 0 Å². The van der Waals surface area contributed by atoms with E-state index in [0.717, 1.165) is 0 Å². The molecule has 0 aliphatic carbocycles. The lowest BCUT2D eigenvalue weighted by molar-refractivity contribution is 0.0690. The van der Waals surface area contributed by atoms with Gasteiger partial charge in [-0.3, -0.25) is 35.3 Å². The number of hydrazine groups is 1. The number of nitrogens with zero attached hydrogens (tertiary/aromatic N) is 4. The first kappa shape index (κ1) is 23.8. The number of carbonyl (C=O) groups excluding carboxylic acids is 2. The van der Waals surface area contributed by atoms with E-state index >= 15 is 0 Å². The Labute approximate surface area is 192 Å². The number of aromatic amines is 1. The number of nitrogens with one attached hydrogen (secondary N) is 3. The molecular formula is C22H21N7O5. The third-order valence-corrected chi connectivity index (χ3v) is 4.63. The standard InChI is InChI=1S/C16H16N6O3.C6H5NO2/c1-3-10-9(2)19-13-11(8-18-22(13)16(10)25)14(23)20-21-15(24)12-6-4-5-7-17-12;8-6(9)5-3-1-2-4-7-5/h4-8,18H,3H2,1-2H3,(H,20,23)(H,21,24);1-4H,(H,8,9).